The van der Waals surface area contributed by atoms with Gasteiger partial charge < -0.3 is 9.73 Å². The lowest BCUT2D eigenvalue weighted by atomic mass is 10.1. The van der Waals surface area contributed by atoms with Gasteiger partial charge >= 0.3 is 0 Å². The third-order valence-electron chi connectivity index (χ3n) is 3.81. The molecule has 1 fully saturated rings. The molecule has 2 aromatic rings. The number of aryl methyl sites for hydroxylation is 1. The van der Waals surface area contributed by atoms with E-state index in [1.807, 2.05) is 6.07 Å². The zero-order chi connectivity index (χ0) is 13.2. The fraction of sp³-hybridized carbons (Fsp3) is 0.467. The number of aromatic nitrogens is 2. The van der Waals surface area contributed by atoms with E-state index in [0.29, 0.717) is 11.9 Å². The van der Waals surface area contributed by atoms with Crippen LogP contribution in [0.5, 0.6) is 0 Å². The predicted octanol–water partition coefficient (Wildman–Crippen LogP) is 3.65. The molecule has 1 aromatic carbocycles. The average Bonchev–Trinajstić information content (AvgIpc) is 3.11. The summed E-state index contributed by atoms with van der Waals surface area (Å²) in [6.07, 6.45) is 5.27. The number of anilines is 1. The molecule has 0 spiro atoms. The minimum absolute atomic E-state index is 0.573. The van der Waals surface area contributed by atoms with Crippen molar-refractivity contribution in [2.24, 2.45) is 5.92 Å². The van der Waals surface area contributed by atoms with Crippen LogP contribution in [-0.2, 0) is 0 Å². The summed E-state index contributed by atoms with van der Waals surface area (Å²) in [5.41, 5.74) is 3.40. The van der Waals surface area contributed by atoms with Crippen LogP contribution in [0, 0.1) is 12.8 Å². The van der Waals surface area contributed by atoms with E-state index in [1.165, 1.54) is 36.9 Å². The lowest BCUT2D eigenvalue weighted by Gasteiger charge is -2.19. The van der Waals surface area contributed by atoms with Crippen molar-refractivity contribution in [1.29, 1.82) is 0 Å². The van der Waals surface area contributed by atoms with Gasteiger partial charge in [0, 0.05) is 17.3 Å². The minimum atomic E-state index is 0.573. The molecule has 4 nitrogen and oxygen atoms in total. The molecule has 100 valence electrons. The summed E-state index contributed by atoms with van der Waals surface area (Å²) in [6.45, 7) is 4.36. The standard InChI is InChI=1S/C15H19N3O/c1-3-13(11-4-5-11)17-14-7-6-12(8-10(14)2)15-18-16-9-19-15/h6-9,11,13,17H,3-5H2,1-2H3. The molecule has 1 atom stereocenters. The molecule has 0 amide bonds. The first-order chi connectivity index (χ1) is 9.28. The zero-order valence-corrected chi connectivity index (χ0v) is 11.4. The van der Waals surface area contributed by atoms with Crippen LogP contribution < -0.4 is 5.32 Å². The first-order valence-electron chi connectivity index (χ1n) is 6.91. The van der Waals surface area contributed by atoms with Crippen molar-refractivity contribution in [1.82, 2.24) is 10.2 Å². The number of benzene rings is 1. The maximum absolute atomic E-state index is 5.22. The molecule has 1 N–H and O–H groups in total. The largest absolute Gasteiger partial charge is 0.423 e. The van der Waals surface area contributed by atoms with E-state index in [-0.39, 0.29) is 0 Å². The first-order valence-corrected chi connectivity index (χ1v) is 6.91. The molecule has 19 heavy (non-hydrogen) atoms. The third-order valence-corrected chi connectivity index (χ3v) is 3.81. The van der Waals surface area contributed by atoms with Crippen molar-refractivity contribution >= 4 is 5.69 Å². The number of nitrogens with one attached hydrogen (secondary N) is 1. The summed E-state index contributed by atoms with van der Waals surface area (Å²) in [5.74, 6) is 1.43. The predicted molar refractivity (Wildman–Crippen MR) is 74.9 cm³/mol. The normalized spacial score (nSPS) is 16.3. The van der Waals surface area contributed by atoms with Crippen molar-refractivity contribution in [3.8, 4) is 11.5 Å². The highest BCUT2D eigenvalue weighted by atomic mass is 16.4. The van der Waals surface area contributed by atoms with Crippen LogP contribution >= 0.6 is 0 Å². The second-order valence-electron chi connectivity index (χ2n) is 5.27. The second kappa shape index (κ2) is 5.03. The van der Waals surface area contributed by atoms with Gasteiger partial charge in [-0.15, -0.1) is 10.2 Å². The Bertz CT molecular complexity index is 547. The van der Waals surface area contributed by atoms with Crippen molar-refractivity contribution in [3.05, 3.63) is 30.2 Å². The Labute approximate surface area is 113 Å². The number of nitrogens with zero attached hydrogens (tertiary/aromatic N) is 2. The zero-order valence-electron chi connectivity index (χ0n) is 11.4. The third kappa shape index (κ3) is 2.62. The first kappa shape index (κ1) is 12.2. The molecule has 1 unspecified atom stereocenters. The van der Waals surface area contributed by atoms with Crippen molar-refractivity contribution in [2.45, 2.75) is 39.2 Å². The summed E-state index contributed by atoms with van der Waals surface area (Å²) in [7, 11) is 0. The smallest absolute Gasteiger partial charge is 0.247 e. The number of hydrogen-bond acceptors (Lipinski definition) is 4. The van der Waals surface area contributed by atoms with Crippen LogP contribution in [-0.4, -0.2) is 16.2 Å². The Kier molecular flexibility index (Phi) is 3.23. The molecule has 1 saturated carbocycles. The Morgan fingerprint density at radius 1 is 1.42 bits per heavy atom. The van der Waals surface area contributed by atoms with E-state index in [9.17, 15) is 0 Å². The second-order valence-corrected chi connectivity index (χ2v) is 5.27. The SMILES string of the molecule is CCC(Nc1ccc(-c2nnco2)cc1C)C1CC1. The Morgan fingerprint density at radius 2 is 2.26 bits per heavy atom. The molecular weight excluding hydrogens is 238 g/mol. The van der Waals surface area contributed by atoms with Gasteiger partial charge in [-0.05, 0) is 55.9 Å². The molecule has 0 saturated heterocycles. The molecule has 0 bridgehead atoms. The molecule has 1 heterocycles. The monoisotopic (exact) mass is 257 g/mol. The fourth-order valence-electron chi connectivity index (χ4n) is 2.51. The van der Waals surface area contributed by atoms with Gasteiger partial charge in [0.05, 0.1) is 0 Å². The molecule has 1 aromatic heterocycles. The van der Waals surface area contributed by atoms with Crippen LogP contribution in [0.1, 0.15) is 31.7 Å². The lowest BCUT2D eigenvalue weighted by molar-refractivity contribution is 0.568. The van der Waals surface area contributed by atoms with Gasteiger partial charge in [-0.3, -0.25) is 0 Å². The van der Waals surface area contributed by atoms with E-state index in [4.69, 9.17) is 4.42 Å². The van der Waals surface area contributed by atoms with Crippen LogP contribution in [0.25, 0.3) is 11.5 Å². The van der Waals surface area contributed by atoms with E-state index >= 15 is 0 Å². The topological polar surface area (TPSA) is 51.0 Å². The van der Waals surface area contributed by atoms with Crippen LogP contribution in [0.4, 0.5) is 5.69 Å². The van der Waals surface area contributed by atoms with Gasteiger partial charge in [0.25, 0.3) is 0 Å². The fourth-order valence-corrected chi connectivity index (χ4v) is 2.51. The number of rotatable bonds is 5. The maximum Gasteiger partial charge on any atom is 0.247 e. The summed E-state index contributed by atoms with van der Waals surface area (Å²) >= 11 is 0. The summed E-state index contributed by atoms with van der Waals surface area (Å²) < 4.78 is 5.22. The van der Waals surface area contributed by atoms with E-state index in [2.05, 4.69) is 41.5 Å². The van der Waals surface area contributed by atoms with Gasteiger partial charge in [-0.2, -0.15) is 0 Å². The summed E-state index contributed by atoms with van der Waals surface area (Å²) in [4.78, 5) is 0. The summed E-state index contributed by atoms with van der Waals surface area (Å²) in [5, 5.41) is 11.3. The molecule has 3 rings (SSSR count). The molecule has 1 aliphatic rings. The number of hydrogen-bond donors (Lipinski definition) is 1. The van der Waals surface area contributed by atoms with Crippen LogP contribution in [0.2, 0.25) is 0 Å². The molecule has 0 radical (unpaired) electrons. The molecular formula is C15H19N3O. The quantitative estimate of drug-likeness (QED) is 0.888. The van der Waals surface area contributed by atoms with E-state index < -0.39 is 0 Å². The summed E-state index contributed by atoms with van der Waals surface area (Å²) in [6, 6.07) is 6.84. The molecule has 4 heteroatoms. The van der Waals surface area contributed by atoms with E-state index in [1.54, 1.807) is 0 Å². The van der Waals surface area contributed by atoms with Crippen LogP contribution in [0.15, 0.2) is 29.0 Å². The minimum Gasteiger partial charge on any atom is -0.423 e. The van der Waals surface area contributed by atoms with Gasteiger partial charge in [-0.1, -0.05) is 6.92 Å². The van der Waals surface area contributed by atoms with Crippen molar-refractivity contribution in [3.63, 3.8) is 0 Å². The van der Waals surface area contributed by atoms with Crippen molar-refractivity contribution < 1.29 is 4.42 Å². The average molecular weight is 257 g/mol. The highest BCUT2D eigenvalue weighted by Gasteiger charge is 2.29. The van der Waals surface area contributed by atoms with Crippen LogP contribution in [0.3, 0.4) is 0 Å². The molecule has 0 aliphatic heterocycles. The van der Waals surface area contributed by atoms with Gasteiger partial charge in [0.2, 0.25) is 12.3 Å². The van der Waals surface area contributed by atoms with Gasteiger partial charge in [0.1, 0.15) is 0 Å². The van der Waals surface area contributed by atoms with E-state index in [0.717, 1.165) is 11.5 Å². The Balaban J connectivity index is 1.79. The van der Waals surface area contributed by atoms with Crippen molar-refractivity contribution in [2.75, 3.05) is 5.32 Å². The van der Waals surface area contributed by atoms with Gasteiger partial charge in [0.15, 0.2) is 0 Å². The highest BCUT2D eigenvalue weighted by Crippen LogP contribution is 2.36. The lowest BCUT2D eigenvalue weighted by Crippen LogP contribution is -2.21. The van der Waals surface area contributed by atoms with Gasteiger partial charge in [-0.25, -0.2) is 0 Å². The Morgan fingerprint density at radius 3 is 2.84 bits per heavy atom. The molecule has 1 aliphatic carbocycles. The maximum atomic E-state index is 5.22. The Hall–Kier alpha value is -1.84. The highest BCUT2D eigenvalue weighted by molar-refractivity contribution is 5.62.